The van der Waals surface area contributed by atoms with Crippen molar-refractivity contribution in [2.75, 3.05) is 13.6 Å². The molecule has 0 aromatic heterocycles. The second kappa shape index (κ2) is 8.18. The summed E-state index contributed by atoms with van der Waals surface area (Å²) in [5.41, 5.74) is 2.42. The number of hydrogen-bond acceptors (Lipinski definition) is 4. The third kappa shape index (κ3) is 3.71. The summed E-state index contributed by atoms with van der Waals surface area (Å²) in [7, 11) is 1.53. The molecule has 0 radical (unpaired) electrons. The van der Waals surface area contributed by atoms with Crippen molar-refractivity contribution in [2.24, 2.45) is 9.98 Å². The van der Waals surface area contributed by atoms with Gasteiger partial charge < -0.3 is 5.11 Å². The molecule has 2 atom stereocenters. The highest BCUT2D eigenvalue weighted by Crippen LogP contribution is 2.34. The number of allylic oxidation sites excluding steroid dienone is 3. The Labute approximate surface area is 177 Å². The van der Waals surface area contributed by atoms with Crippen molar-refractivity contribution in [2.45, 2.75) is 38.6 Å². The van der Waals surface area contributed by atoms with Crippen molar-refractivity contribution >= 4 is 23.6 Å². The first kappa shape index (κ1) is 21.1. The van der Waals surface area contributed by atoms with Gasteiger partial charge in [-0.15, -0.1) is 0 Å². The van der Waals surface area contributed by atoms with Gasteiger partial charge in [-0.2, -0.15) is 0 Å². The summed E-state index contributed by atoms with van der Waals surface area (Å²) in [5, 5.41) is 12.2. The fraction of sp³-hybridized carbons (Fsp3) is 0.381. The van der Waals surface area contributed by atoms with Crippen LogP contribution >= 0.6 is 0 Å². The molecule has 1 aliphatic carbocycles. The molecule has 0 spiro atoms. The van der Waals surface area contributed by atoms with Crippen LogP contribution in [0.5, 0.6) is 0 Å². The summed E-state index contributed by atoms with van der Waals surface area (Å²) in [4.78, 5) is 24.3. The minimum atomic E-state index is -2.06. The van der Waals surface area contributed by atoms with Gasteiger partial charge in [-0.1, -0.05) is 19.1 Å². The normalized spacial score (nSPS) is 25.0. The molecular formula is C21H22F3N5O2. The van der Waals surface area contributed by atoms with Gasteiger partial charge >= 0.3 is 6.03 Å². The van der Waals surface area contributed by atoms with E-state index in [0.717, 1.165) is 11.6 Å². The van der Waals surface area contributed by atoms with Crippen molar-refractivity contribution in [3.63, 3.8) is 0 Å². The molecule has 31 heavy (non-hydrogen) atoms. The number of alkyl halides is 1. The number of nitrogens with zero attached hydrogens (tertiary/aromatic N) is 4. The first-order chi connectivity index (χ1) is 14.8. The van der Waals surface area contributed by atoms with Gasteiger partial charge in [0.05, 0.1) is 24.9 Å². The maximum atomic E-state index is 14.0. The van der Waals surface area contributed by atoms with E-state index in [1.165, 1.54) is 11.9 Å². The maximum Gasteiger partial charge on any atom is 0.330 e. The monoisotopic (exact) mass is 433 g/mol. The summed E-state index contributed by atoms with van der Waals surface area (Å²) in [5.74, 6) is -2.20. The Morgan fingerprint density at radius 1 is 1.35 bits per heavy atom. The van der Waals surface area contributed by atoms with Crippen LogP contribution in [0.15, 0.2) is 51.5 Å². The third-order valence-electron chi connectivity index (χ3n) is 5.58. The van der Waals surface area contributed by atoms with Crippen LogP contribution < -0.4 is 5.32 Å². The van der Waals surface area contributed by atoms with E-state index in [0.29, 0.717) is 23.2 Å². The molecule has 4 rings (SSSR count). The standard InChI is InChI=1S/C21H22F3N5O2/c1-3-12-5-4-11(10-30)6-16(12)26-19-27-21(31)28(2)20-25-9-17(29(19)20)13-7-14(22)18(24)15(23)8-13/h4-7,15,17,30H,3,8-10H2,1-2H3,(H,26,27,31). The van der Waals surface area contributed by atoms with E-state index in [2.05, 4.69) is 15.3 Å². The minimum Gasteiger partial charge on any atom is -0.392 e. The average Bonchev–Trinajstić information content (AvgIpc) is 3.21. The van der Waals surface area contributed by atoms with E-state index >= 15 is 0 Å². The van der Waals surface area contributed by atoms with Gasteiger partial charge in [-0.25, -0.2) is 28.0 Å². The number of amides is 2. The number of guanidine groups is 2. The van der Waals surface area contributed by atoms with Gasteiger partial charge in [-0.05, 0) is 35.3 Å². The van der Waals surface area contributed by atoms with Crippen molar-refractivity contribution in [1.82, 2.24) is 15.1 Å². The third-order valence-corrected chi connectivity index (χ3v) is 5.58. The first-order valence-electron chi connectivity index (χ1n) is 9.93. The lowest BCUT2D eigenvalue weighted by molar-refractivity contribution is 0.223. The number of carbonyl (C=O) groups is 1. The lowest BCUT2D eigenvalue weighted by Gasteiger charge is -2.38. The van der Waals surface area contributed by atoms with Crippen molar-refractivity contribution in [3.8, 4) is 0 Å². The zero-order valence-corrected chi connectivity index (χ0v) is 17.1. The highest BCUT2D eigenvalue weighted by atomic mass is 19.2. The number of aryl methyl sites for hydroxylation is 1. The number of aliphatic hydroxyl groups is 1. The zero-order valence-electron chi connectivity index (χ0n) is 17.1. The molecule has 7 nitrogen and oxygen atoms in total. The summed E-state index contributed by atoms with van der Waals surface area (Å²) >= 11 is 0. The SMILES string of the molecule is CCc1ccc(CO)cc1N=C1NC(=O)N(C)C2=NCC(C3=CC(F)=C(F)C(F)C3)N12. The molecular weight excluding hydrogens is 411 g/mol. The second-order valence-electron chi connectivity index (χ2n) is 7.51. The van der Waals surface area contributed by atoms with Crippen molar-refractivity contribution in [3.05, 3.63) is 52.6 Å². The Balaban J connectivity index is 1.78. The van der Waals surface area contributed by atoms with Gasteiger partial charge in [-0.3, -0.25) is 15.1 Å². The molecule has 0 bridgehead atoms. The first-order valence-corrected chi connectivity index (χ1v) is 9.93. The van der Waals surface area contributed by atoms with Gasteiger partial charge in [0.25, 0.3) is 0 Å². The minimum absolute atomic E-state index is 0.137. The maximum absolute atomic E-state index is 14.0. The van der Waals surface area contributed by atoms with E-state index in [9.17, 15) is 23.1 Å². The van der Waals surface area contributed by atoms with E-state index < -0.39 is 29.9 Å². The number of aliphatic imine (C=N–C) groups is 2. The van der Waals surface area contributed by atoms with Crippen LogP contribution in [0.3, 0.4) is 0 Å². The number of nitrogens with one attached hydrogen (secondary N) is 1. The Morgan fingerprint density at radius 3 is 2.81 bits per heavy atom. The molecule has 10 heteroatoms. The number of carbonyl (C=O) groups excluding carboxylic acids is 1. The molecule has 2 unspecified atom stereocenters. The Hall–Kier alpha value is -3.14. The van der Waals surface area contributed by atoms with Gasteiger partial charge in [0.2, 0.25) is 11.9 Å². The summed E-state index contributed by atoms with van der Waals surface area (Å²) in [6.45, 7) is 1.92. The summed E-state index contributed by atoms with van der Waals surface area (Å²) in [6, 6.07) is 4.27. The van der Waals surface area contributed by atoms with E-state index in [1.54, 1.807) is 17.0 Å². The molecule has 1 aromatic carbocycles. The number of rotatable bonds is 4. The zero-order chi connectivity index (χ0) is 22.3. The number of hydrogen-bond donors (Lipinski definition) is 2. The molecule has 3 aliphatic rings. The molecule has 2 N–H and O–H groups in total. The van der Waals surface area contributed by atoms with E-state index in [1.807, 2.05) is 13.0 Å². The van der Waals surface area contributed by atoms with Crippen LogP contribution in [0.1, 0.15) is 24.5 Å². The molecule has 1 saturated heterocycles. The molecule has 2 aliphatic heterocycles. The smallest absolute Gasteiger partial charge is 0.330 e. The van der Waals surface area contributed by atoms with Gasteiger partial charge in [0.1, 0.15) is 0 Å². The van der Waals surface area contributed by atoms with E-state index in [4.69, 9.17) is 0 Å². The summed E-state index contributed by atoms with van der Waals surface area (Å²) < 4.78 is 41.5. The quantitative estimate of drug-likeness (QED) is 0.765. The van der Waals surface area contributed by atoms with Gasteiger partial charge in [0, 0.05) is 13.5 Å². The number of benzene rings is 1. The van der Waals surface area contributed by atoms with Crippen LogP contribution in [0.25, 0.3) is 0 Å². The van der Waals surface area contributed by atoms with Crippen LogP contribution in [-0.4, -0.2) is 58.7 Å². The van der Waals surface area contributed by atoms with Crippen LogP contribution in [0, 0.1) is 0 Å². The Bertz CT molecular complexity index is 1050. The van der Waals surface area contributed by atoms with Crippen LogP contribution in [-0.2, 0) is 13.0 Å². The molecule has 1 fully saturated rings. The largest absolute Gasteiger partial charge is 0.392 e. The molecule has 2 heterocycles. The fourth-order valence-corrected chi connectivity index (χ4v) is 3.86. The predicted octanol–water partition coefficient (Wildman–Crippen LogP) is 3.24. The van der Waals surface area contributed by atoms with E-state index in [-0.39, 0.29) is 31.5 Å². The van der Waals surface area contributed by atoms with Crippen LogP contribution in [0.2, 0.25) is 0 Å². The molecule has 2 amide bonds. The average molecular weight is 433 g/mol. The topological polar surface area (TPSA) is 80.5 Å². The van der Waals surface area contributed by atoms with Crippen molar-refractivity contribution in [1.29, 1.82) is 0 Å². The number of aliphatic hydroxyl groups excluding tert-OH is 1. The lowest BCUT2D eigenvalue weighted by Crippen LogP contribution is -2.63. The van der Waals surface area contributed by atoms with Gasteiger partial charge in [0.15, 0.2) is 17.8 Å². The molecule has 0 saturated carbocycles. The number of halogens is 3. The highest BCUT2D eigenvalue weighted by Gasteiger charge is 2.43. The van der Waals surface area contributed by atoms with Crippen LogP contribution in [0.4, 0.5) is 23.7 Å². The lowest BCUT2D eigenvalue weighted by atomic mass is 9.95. The predicted molar refractivity (Wildman–Crippen MR) is 110 cm³/mol. The number of fused-ring (bicyclic) bond motifs is 1. The second-order valence-corrected chi connectivity index (χ2v) is 7.51. The molecule has 164 valence electrons. The van der Waals surface area contributed by atoms with Crippen molar-refractivity contribution < 1.29 is 23.1 Å². The Morgan fingerprint density at radius 2 is 2.13 bits per heavy atom. The Kier molecular flexibility index (Phi) is 5.57. The summed E-state index contributed by atoms with van der Waals surface area (Å²) in [6.07, 6.45) is -0.713. The molecule has 1 aromatic rings. The fourth-order valence-electron chi connectivity index (χ4n) is 3.86. The highest BCUT2D eigenvalue weighted by molar-refractivity contribution is 6.16. The number of urea groups is 1.